The van der Waals surface area contributed by atoms with Crippen LogP contribution in [0.1, 0.15) is 44.4 Å². The third kappa shape index (κ3) is 6.44. The molecule has 1 aromatic carbocycles. The molecule has 0 fully saturated rings. The Kier molecular flexibility index (Phi) is 7.57. The summed E-state index contributed by atoms with van der Waals surface area (Å²) in [7, 11) is 0.356. The quantitative estimate of drug-likeness (QED) is 0.319. The second-order valence-electron chi connectivity index (χ2n) is 8.87. The van der Waals surface area contributed by atoms with Gasteiger partial charge in [-0.25, -0.2) is 4.57 Å². The van der Waals surface area contributed by atoms with Crippen molar-refractivity contribution in [2.24, 2.45) is 7.05 Å². The maximum absolute atomic E-state index is 6.56. The summed E-state index contributed by atoms with van der Waals surface area (Å²) in [5, 5.41) is 0.230. The van der Waals surface area contributed by atoms with Crippen LogP contribution < -0.4 is 4.57 Å². The minimum absolute atomic E-state index is 0.230. The third-order valence-corrected chi connectivity index (χ3v) is 10.2. The zero-order valence-electron chi connectivity index (χ0n) is 17.9. The van der Waals surface area contributed by atoms with E-state index in [9.17, 15) is 0 Å². The summed E-state index contributed by atoms with van der Waals surface area (Å²) in [5.74, 6) is 0.279. The van der Waals surface area contributed by atoms with Gasteiger partial charge in [-0.3, -0.25) is 0 Å². The van der Waals surface area contributed by atoms with E-state index >= 15 is 0 Å². The summed E-state index contributed by atoms with van der Waals surface area (Å²) in [6, 6.07) is 17.1. The van der Waals surface area contributed by atoms with Crippen LogP contribution in [0, 0.1) is 0 Å². The molecule has 0 bridgehead atoms. The van der Waals surface area contributed by atoms with Gasteiger partial charge in [0, 0.05) is 12.1 Å². The molecule has 0 aliphatic rings. The second-order valence-corrected chi connectivity index (χ2v) is 13.7. The molecular formula is C24H36NOSi+. The summed E-state index contributed by atoms with van der Waals surface area (Å²) in [4.78, 5) is 0. The Labute approximate surface area is 167 Å². The van der Waals surface area contributed by atoms with Gasteiger partial charge in [-0.05, 0) is 36.5 Å². The minimum Gasteiger partial charge on any atom is -0.416 e. The fraction of sp³-hybridized carbons (Fsp3) is 0.458. The molecule has 0 aliphatic heterocycles. The molecule has 2 aromatic rings. The maximum Gasteiger partial charge on any atom is 0.192 e. The highest BCUT2D eigenvalue weighted by molar-refractivity contribution is 6.74. The van der Waals surface area contributed by atoms with E-state index in [2.05, 4.69) is 112 Å². The maximum atomic E-state index is 6.56. The van der Waals surface area contributed by atoms with Crippen LogP contribution in [-0.4, -0.2) is 14.9 Å². The van der Waals surface area contributed by atoms with Gasteiger partial charge in [-0.1, -0.05) is 69.3 Å². The zero-order valence-corrected chi connectivity index (χ0v) is 18.9. The second kappa shape index (κ2) is 9.47. The molecule has 0 spiro atoms. The number of allylic oxidation sites excluding steroid dienone is 1. The van der Waals surface area contributed by atoms with Crippen LogP contribution in [-0.2, 0) is 17.9 Å². The van der Waals surface area contributed by atoms with E-state index in [1.165, 1.54) is 11.3 Å². The van der Waals surface area contributed by atoms with Crippen molar-refractivity contribution < 1.29 is 8.99 Å². The fourth-order valence-corrected chi connectivity index (χ4v) is 3.86. The van der Waals surface area contributed by atoms with Crippen molar-refractivity contribution >= 4 is 8.32 Å². The molecule has 0 amide bonds. The molecule has 1 aromatic heterocycles. The SMILES string of the molecule is C[n+]1ccccc1[C@@H](/C=C/CCc1ccccc1)CO[Si](C)(C)C(C)(C)C. The number of nitrogens with zero attached hydrogens (tertiary/aromatic N) is 1. The molecule has 0 N–H and O–H groups in total. The van der Waals surface area contributed by atoms with Crippen molar-refractivity contribution in [2.75, 3.05) is 6.61 Å². The summed E-state index contributed by atoms with van der Waals surface area (Å²) in [6.45, 7) is 12.3. The van der Waals surface area contributed by atoms with E-state index in [0.717, 1.165) is 19.4 Å². The van der Waals surface area contributed by atoms with Crippen LogP contribution in [0.2, 0.25) is 18.1 Å². The molecule has 2 rings (SSSR count). The van der Waals surface area contributed by atoms with Crippen molar-refractivity contribution in [1.82, 2.24) is 0 Å². The molecule has 3 heteroatoms. The standard InChI is InChI=1S/C24H36NOSi/c1-24(2,3)27(5,6)26-20-22(23-18-12-13-19-25(23)4)17-11-10-16-21-14-8-7-9-15-21/h7-9,11-15,17-19,22H,10,16,20H2,1-6H3/q+1/b17-11+/t22-/m0/s1. The highest BCUT2D eigenvalue weighted by Gasteiger charge is 2.38. The lowest BCUT2D eigenvalue weighted by atomic mass is 10.0. The van der Waals surface area contributed by atoms with E-state index in [1.807, 2.05) is 0 Å². The molecule has 0 saturated heterocycles. The topological polar surface area (TPSA) is 13.1 Å². The monoisotopic (exact) mass is 382 g/mol. The van der Waals surface area contributed by atoms with Crippen molar-refractivity contribution in [1.29, 1.82) is 0 Å². The van der Waals surface area contributed by atoms with Gasteiger partial charge in [-0.15, -0.1) is 0 Å². The molecule has 146 valence electrons. The smallest absolute Gasteiger partial charge is 0.192 e. The molecule has 0 radical (unpaired) electrons. The lowest BCUT2D eigenvalue weighted by molar-refractivity contribution is -0.680. The van der Waals surface area contributed by atoms with Crippen molar-refractivity contribution in [3.63, 3.8) is 0 Å². The fourth-order valence-electron chi connectivity index (χ4n) is 2.83. The average Bonchev–Trinajstić information content (AvgIpc) is 2.62. The largest absolute Gasteiger partial charge is 0.416 e. The molecule has 27 heavy (non-hydrogen) atoms. The van der Waals surface area contributed by atoms with Gasteiger partial charge in [-0.2, -0.15) is 0 Å². The first-order valence-electron chi connectivity index (χ1n) is 10.00. The molecule has 1 atom stereocenters. The van der Waals surface area contributed by atoms with Gasteiger partial charge in [0.05, 0.1) is 12.5 Å². The summed E-state index contributed by atoms with van der Waals surface area (Å²) in [6.07, 6.45) is 8.91. The molecule has 0 unspecified atom stereocenters. The van der Waals surface area contributed by atoms with Gasteiger partial charge in [0.2, 0.25) is 0 Å². The predicted molar refractivity (Wildman–Crippen MR) is 117 cm³/mol. The Balaban J connectivity index is 2.08. The van der Waals surface area contributed by atoms with Crippen LogP contribution in [0.5, 0.6) is 0 Å². The molecular weight excluding hydrogens is 346 g/mol. The van der Waals surface area contributed by atoms with Crippen LogP contribution in [0.15, 0.2) is 66.9 Å². The Morgan fingerprint density at radius 2 is 1.70 bits per heavy atom. The first-order chi connectivity index (χ1) is 12.7. The van der Waals surface area contributed by atoms with E-state index in [1.54, 1.807) is 0 Å². The number of hydrogen-bond acceptors (Lipinski definition) is 1. The zero-order chi connectivity index (χ0) is 19.9. The number of aryl methyl sites for hydroxylation is 2. The Morgan fingerprint density at radius 1 is 1.04 bits per heavy atom. The number of benzene rings is 1. The Hall–Kier alpha value is -1.71. The predicted octanol–water partition coefficient (Wildman–Crippen LogP) is 5.81. The Morgan fingerprint density at radius 3 is 2.33 bits per heavy atom. The van der Waals surface area contributed by atoms with Gasteiger partial charge < -0.3 is 4.43 Å². The van der Waals surface area contributed by atoms with Gasteiger partial charge in [0.15, 0.2) is 20.2 Å². The first kappa shape index (κ1) is 21.6. The van der Waals surface area contributed by atoms with E-state index in [0.29, 0.717) is 0 Å². The number of hydrogen-bond donors (Lipinski definition) is 0. The van der Waals surface area contributed by atoms with Crippen LogP contribution in [0.25, 0.3) is 0 Å². The average molecular weight is 383 g/mol. The lowest BCUT2D eigenvalue weighted by Crippen LogP contribution is -2.43. The molecule has 0 aliphatic carbocycles. The van der Waals surface area contributed by atoms with Crippen LogP contribution >= 0.6 is 0 Å². The summed E-state index contributed by atoms with van der Waals surface area (Å²) in [5.41, 5.74) is 2.69. The van der Waals surface area contributed by atoms with Crippen LogP contribution in [0.4, 0.5) is 0 Å². The Bertz CT molecular complexity index is 732. The van der Waals surface area contributed by atoms with E-state index < -0.39 is 8.32 Å². The van der Waals surface area contributed by atoms with Gasteiger partial charge in [0.1, 0.15) is 7.05 Å². The molecule has 1 heterocycles. The van der Waals surface area contributed by atoms with E-state index in [-0.39, 0.29) is 11.0 Å². The summed E-state index contributed by atoms with van der Waals surface area (Å²) < 4.78 is 8.76. The van der Waals surface area contributed by atoms with Crippen molar-refractivity contribution in [2.45, 2.75) is 57.7 Å². The lowest BCUT2D eigenvalue weighted by Gasteiger charge is -2.36. The van der Waals surface area contributed by atoms with Gasteiger partial charge >= 0.3 is 0 Å². The first-order valence-corrected chi connectivity index (χ1v) is 12.9. The molecule has 2 nitrogen and oxygen atoms in total. The van der Waals surface area contributed by atoms with Crippen molar-refractivity contribution in [3.05, 3.63) is 78.1 Å². The normalized spacial score (nSPS) is 13.9. The number of rotatable bonds is 8. The van der Waals surface area contributed by atoms with E-state index in [4.69, 9.17) is 4.43 Å². The number of aromatic nitrogens is 1. The van der Waals surface area contributed by atoms with Gasteiger partial charge in [0.25, 0.3) is 0 Å². The highest BCUT2D eigenvalue weighted by Crippen LogP contribution is 2.37. The number of pyridine rings is 1. The van der Waals surface area contributed by atoms with Crippen molar-refractivity contribution in [3.8, 4) is 0 Å². The summed E-state index contributed by atoms with van der Waals surface area (Å²) >= 11 is 0. The minimum atomic E-state index is -1.76. The van der Waals surface area contributed by atoms with Crippen LogP contribution in [0.3, 0.4) is 0 Å². The molecule has 0 saturated carbocycles. The third-order valence-electron chi connectivity index (χ3n) is 5.72. The highest BCUT2D eigenvalue weighted by atomic mass is 28.4.